The third-order valence-electron chi connectivity index (χ3n) is 4.48. The predicted octanol–water partition coefficient (Wildman–Crippen LogP) is 4.54. The Hall–Kier alpha value is -2.26. The highest BCUT2D eigenvalue weighted by molar-refractivity contribution is 5.81. The molecule has 0 radical (unpaired) electrons. The third-order valence-corrected chi connectivity index (χ3v) is 4.48. The van der Waals surface area contributed by atoms with Crippen LogP contribution in [0.2, 0.25) is 0 Å². The minimum Gasteiger partial charge on any atom is -0.292 e. The minimum atomic E-state index is -0.116. The molecule has 3 aromatic rings. The van der Waals surface area contributed by atoms with E-state index in [9.17, 15) is 4.39 Å². The summed E-state index contributed by atoms with van der Waals surface area (Å²) in [7, 11) is 0. The Labute approximate surface area is 135 Å². The molecule has 1 fully saturated rings. The van der Waals surface area contributed by atoms with Crippen molar-refractivity contribution in [1.82, 2.24) is 9.88 Å². The molecular weight excluding hydrogens is 287 g/mol. The topological polar surface area (TPSA) is 16.1 Å². The van der Waals surface area contributed by atoms with Crippen LogP contribution in [0.15, 0.2) is 60.8 Å². The highest BCUT2D eigenvalue weighted by atomic mass is 19.1. The van der Waals surface area contributed by atoms with E-state index in [-0.39, 0.29) is 5.82 Å². The molecule has 3 heteroatoms. The molecule has 1 aliphatic carbocycles. The molecule has 0 saturated heterocycles. The fraction of sp³-hybridized carbons (Fsp3) is 0.250. The van der Waals surface area contributed by atoms with Crippen molar-refractivity contribution in [2.24, 2.45) is 0 Å². The van der Waals surface area contributed by atoms with Gasteiger partial charge in [-0.2, -0.15) is 0 Å². The lowest BCUT2D eigenvalue weighted by atomic mass is 10.1. The molecule has 2 aromatic carbocycles. The molecule has 0 unspecified atom stereocenters. The Kier molecular flexibility index (Phi) is 3.80. The van der Waals surface area contributed by atoms with Crippen molar-refractivity contribution in [2.75, 3.05) is 0 Å². The lowest BCUT2D eigenvalue weighted by molar-refractivity contribution is 0.243. The first-order valence-electron chi connectivity index (χ1n) is 8.11. The van der Waals surface area contributed by atoms with Crippen molar-refractivity contribution in [3.8, 4) is 0 Å². The quantitative estimate of drug-likeness (QED) is 0.688. The molecule has 4 rings (SSSR count). The zero-order valence-electron chi connectivity index (χ0n) is 13.0. The maximum Gasteiger partial charge on any atom is 0.127 e. The number of benzene rings is 2. The van der Waals surface area contributed by atoms with E-state index in [4.69, 9.17) is 0 Å². The summed E-state index contributed by atoms with van der Waals surface area (Å²) in [4.78, 5) is 6.91. The summed E-state index contributed by atoms with van der Waals surface area (Å²) in [5.41, 5.74) is 3.04. The van der Waals surface area contributed by atoms with Crippen LogP contribution in [0.5, 0.6) is 0 Å². The van der Waals surface area contributed by atoms with Gasteiger partial charge < -0.3 is 0 Å². The molecule has 23 heavy (non-hydrogen) atoms. The Balaban J connectivity index is 1.62. The molecule has 0 atom stereocenters. The van der Waals surface area contributed by atoms with Crippen molar-refractivity contribution >= 4 is 10.9 Å². The van der Waals surface area contributed by atoms with Gasteiger partial charge >= 0.3 is 0 Å². The summed E-state index contributed by atoms with van der Waals surface area (Å²) < 4.78 is 14.0. The number of nitrogens with zero attached hydrogens (tertiary/aromatic N) is 2. The molecule has 0 N–H and O–H groups in total. The summed E-state index contributed by atoms with van der Waals surface area (Å²) in [6.45, 7) is 1.47. The molecular formula is C20H19FN2. The Morgan fingerprint density at radius 3 is 2.48 bits per heavy atom. The van der Waals surface area contributed by atoms with Crippen LogP contribution in [0.4, 0.5) is 4.39 Å². The van der Waals surface area contributed by atoms with Crippen molar-refractivity contribution in [1.29, 1.82) is 0 Å². The van der Waals surface area contributed by atoms with Crippen molar-refractivity contribution in [3.63, 3.8) is 0 Å². The molecule has 1 saturated carbocycles. The molecule has 0 bridgehead atoms. The van der Waals surface area contributed by atoms with Gasteiger partial charge in [0, 0.05) is 36.3 Å². The van der Waals surface area contributed by atoms with Crippen LogP contribution in [0.25, 0.3) is 10.9 Å². The molecule has 0 amide bonds. The van der Waals surface area contributed by atoms with E-state index in [1.807, 2.05) is 24.4 Å². The summed E-state index contributed by atoms with van der Waals surface area (Å²) in [6, 6.07) is 18.0. The summed E-state index contributed by atoms with van der Waals surface area (Å²) in [5.74, 6) is -0.116. The van der Waals surface area contributed by atoms with E-state index in [1.54, 1.807) is 12.1 Å². The summed E-state index contributed by atoms with van der Waals surface area (Å²) in [5, 5.41) is 1.16. The van der Waals surface area contributed by atoms with Gasteiger partial charge in [-0.05, 0) is 30.5 Å². The largest absolute Gasteiger partial charge is 0.292 e. The van der Waals surface area contributed by atoms with E-state index in [0.717, 1.165) is 23.0 Å². The fourth-order valence-electron chi connectivity index (χ4n) is 3.11. The number of fused-ring (bicyclic) bond motifs is 1. The number of halogens is 1. The van der Waals surface area contributed by atoms with E-state index < -0.39 is 0 Å². The minimum absolute atomic E-state index is 0.116. The van der Waals surface area contributed by atoms with Gasteiger partial charge in [0.05, 0.1) is 5.52 Å². The van der Waals surface area contributed by atoms with Crippen LogP contribution < -0.4 is 0 Å². The Morgan fingerprint density at radius 2 is 1.65 bits per heavy atom. The first-order valence-corrected chi connectivity index (χ1v) is 8.11. The molecule has 2 nitrogen and oxygen atoms in total. The van der Waals surface area contributed by atoms with E-state index >= 15 is 0 Å². The number of rotatable bonds is 5. The second kappa shape index (κ2) is 6.09. The molecule has 1 aromatic heterocycles. The number of para-hydroxylation sites is 1. The molecule has 1 aliphatic rings. The van der Waals surface area contributed by atoms with Crippen molar-refractivity contribution in [3.05, 3.63) is 77.7 Å². The lowest BCUT2D eigenvalue weighted by Gasteiger charge is -2.23. The first-order chi connectivity index (χ1) is 11.3. The number of hydrogen-bond acceptors (Lipinski definition) is 2. The van der Waals surface area contributed by atoms with Gasteiger partial charge in [0.2, 0.25) is 0 Å². The zero-order chi connectivity index (χ0) is 15.6. The predicted molar refractivity (Wildman–Crippen MR) is 90.4 cm³/mol. The van der Waals surface area contributed by atoms with E-state index in [1.165, 1.54) is 18.4 Å². The summed E-state index contributed by atoms with van der Waals surface area (Å²) in [6.07, 6.45) is 4.24. The van der Waals surface area contributed by atoms with Crippen LogP contribution in [0.3, 0.4) is 0 Å². The van der Waals surface area contributed by atoms with Gasteiger partial charge in [0.15, 0.2) is 0 Å². The van der Waals surface area contributed by atoms with E-state index in [2.05, 4.69) is 34.1 Å². The van der Waals surface area contributed by atoms with Gasteiger partial charge in [-0.1, -0.05) is 42.5 Å². The van der Waals surface area contributed by atoms with Crippen molar-refractivity contribution in [2.45, 2.75) is 32.0 Å². The monoisotopic (exact) mass is 306 g/mol. The van der Waals surface area contributed by atoms with Crippen LogP contribution in [-0.2, 0) is 13.1 Å². The standard InChI is InChI=1S/C20H19FN2/c21-19-9-2-1-5-16(19)13-23(18-10-11-18)14-17-7-3-6-15-8-4-12-22-20(15)17/h1-9,12,18H,10-11,13-14H2. The van der Waals surface area contributed by atoms with Crippen LogP contribution in [-0.4, -0.2) is 15.9 Å². The maximum absolute atomic E-state index is 14.0. The zero-order valence-corrected chi connectivity index (χ0v) is 13.0. The average molecular weight is 306 g/mol. The fourth-order valence-corrected chi connectivity index (χ4v) is 3.11. The molecule has 1 heterocycles. The molecule has 0 spiro atoms. The average Bonchev–Trinajstić information content (AvgIpc) is 3.41. The van der Waals surface area contributed by atoms with Gasteiger partial charge in [0.25, 0.3) is 0 Å². The maximum atomic E-state index is 14.0. The molecule has 116 valence electrons. The van der Waals surface area contributed by atoms with Gasteiger partial charge in [-0.25, -0.2) is 4.39 Å². The van der Waals surface area contributed by atoms with Crippen LogP contribution in [0, 0.1) is 5.82 Å². The SMILES string of the molecule is Fc1ccccc1CN(Cc1cccc2cccnc12)C1CC1. The normalized spacial score (nSPS) is 14.5. The highest BCUT2D eigenvalue weighted by Gasteiger charge is 2.29. The highest BCUT2D eigenvalue weighted by Crippen LogP contribution is 2.31. The van der Waals surface area contributed by atoms with Crippen LogP contribution >= 0.6 is 0 Å². The third kappa shape index (κ3) is 3.10. The number of aromatic nitrogens is 1. The van der Waals surface area contributed by atoms with E-state index in [0.29, 0.717) is 12.6 Å². The second-order valence-corrected chi connectivity index (χ2v) is 6.22. The van der Waals surface area contributed by atoms with Crippen LogP contribution in [0.1, 0.15) is 24.0 Å². The Bertz CT molecular complexity index is 821. The van der Waals surface area contributed by atoms with Crippen molar-refractivity contribution < 1.29 is 4.39 Å². The Morgan fingerprint density at radius 1 is 0.913 bits per heavy atom. The summed E-state index contributed by atoms with van der Waals surface area (Å²) >= 11 is 0. The van der Waals surface area contributed by atoms with Gasteiger partial charge in [-0.3, -0.25) is 9.88 Å². The number of hydrogen-bond donors (Lipinski definition) is 0. The smallest absolute Gasteiger partial charge is 0.127 e. The van der Waals surface area contributed by atoms with Gasteiger partial charge in [-0.15, -0.1) is 0 Å². The molecule has 0 aliphatic heterocycles. The second-order valence-electron chi connectivity index (χ2n) is 6.22. The van der Waals surface area contributed by atoms with Gasteiger partial charge in [0.1, 0.15) is 5.82 Å². The first kappa shape index (κ1) is 14.3. The number of pyridine rings is 1. The lowest BCUT2D eigenvalue weighted by Crippen LogP contribution is -2.25.